The fourth-order valence-electron chi connectivity index (χ4n) is 1.84. The molecule has 2 rings (SSSR count). The van der Waals surface area contributed by atoms with E-state index in [4.69, 9.17) is 0 Å². The Morgan fingerprint density at radius 1 is 1.14 bits per heavy atom. The molecule has 0 spiro atoms. The predicted molar refractivity (Wildman–Crippen MR) is 59.8 cm³/mol. The molecule has 1 aromatic rings. The van der Waals surface area contributed by atoms with Gasteiger partial charge in [0.15, 0.2) is 0 Å². The van der Waals surface area contributed by atoms with Crippen LogP contribution in [-0.2, 0) is 6.54 Å². The van der Waals surface area contributed by atoms with Gasteiger partial charge >= 0.3 is 0 Å². The van der Waals surface area contributed by atoms with Crippen molar-refractivity contribution in [3.8, 4) is 0 Å². The van der Waals surface area contributed by atoms with Crippen LogP contribution in [0.3, 0.4) is 0 Å². The zero-order chi connectivity index (χ0) is 9.97. The normalized spacial score (nSPS) is 25.7. The molecule has 2 unspecified atom stereocenters. The molecule has 0 radical (unpaired) electrons. The second kappa shape index (κ2) is 3.87. The summed E-state index contributed by atoms with van der Waals surface area (Å²) in [7, 11) is 0. The van der Waals surface area contributed by atoms with Gasteiger partial charge < -0.3 is 4.90 Å². The Labute approximate surface area is 86.1 Å². The lowest BCUT2D eigenvalue weighted by atomic mass is 10.1. The van der Waals surface area contributed by atoms with Gasteiger partial charge in [-0.3, -0.25) is 0 Å². The summed E-state index contributed by atoms with van der Waals surface area (Å²) >= 11 is 0. The first-order valence-corrected chi connectivity index (χ1v) is 5.25. The second-order valence-electron chi connectivity index (χ2n) is 4.10. The van der Waals surface area contributed by atoms with E-state index in [1.165, 1.54) is 5.56 Å². The van der Waals surface area contributed by atoms with Gasteiger partial charge in [0.05, 0.1) is 0 Å². The molecule has 1 heteroatoms. The molecular formula is C13H17N. The molecule has 74 valence electrons. The van der Waals surface area contributed by atoms with Crippen molar-refractivity contribution >= 4 is 0 Å². The minimum atomic E-state index is 0.634. The lowest BCUT2D eigenvalue weighted by molar-refractivity contribution is 0.274. The Balaban J connectivity index is 2.03. The fraction of sp³-hybridized carbons (Fsp3) is 0.385. The van der Waals surface area contributed by atoms with Crippen LogP contribution in [0.1, 0.15) is 19.4 Å². The third kappa shape index (κ3) is 1.82. The molecular weight excluding hydrogens is 170 g/mol. The minimum absolute atomic E-state index is 0.634. The van der Waals surface area contributed by atoms with Crippen molar-refractivity contribution in [1.82, 2.24) is 4.90 Å². The average molecular weight is 187 g/mol. The van der Waals surface area contributed by atoms with E-state index in [0.29, 0.717) is 12.0 Å². The smallest absolute Gasteiger partial charge is 0.0427 e. The van der Waals surface area contributed by atoms with Gasteiger partial charge in [-0.25, -0.2) is 0 Å². The van der Waals surface area contributed by atoms with Crippen LogP contribution in [0.15, 0.2) is 42.6 Å². The molecule has 0 N–H and O–H groups in total. The summed E-state index contributed by atoms with van der Waals surface area (Å²) in [5.74, 6) is 0.679. The van der Waals surface area contributed by atoms with Crippen molar-refractivity contribution in [1.29, 1.82) is 0 Å². The molecule has 2 atom stereocenters. The SMILES string of the molecule is CC1C=CN(Cc2ccccc2)C1C. The summed E-state index contributed by atoms with van der Waals surface area (Å²) in [6.07, 6.45) is 4.51. The highest BCUT2D eigenvalue weighted by molar-refractivity contribution is 5.16. The van der Waals surface area contributed by atoms with Crippen molar-refractivity contribution in [3.63, 3.8) is 0 Å². The van der Waals surface area contributed by atoms with E-state index in [1.54, 1.807) is 0 Å². The van der Waals surface area contributed by atoms with Gasteiger partial charge in [-0.2, -0.15) is 0 Å². The Morgan fingerprint density at radius 3 is 2.43 bits per heavy atom. The summed E-state index contributed by atoms with van der Waals surface area (Å²) in [4.78, 5) is 2.40. The van der Waals surface area contributed by atoms with E-state index < -0.39 is 0 Å². The molecule has 14 heavy (non-hydrogen) atoms. The predicted octanol–water partition coefficient (Wildman–Crippen LogP) is 3.04. The van der Waals surface area contributed by atoms with Gasteiger partial charge in [-0.05, 0) is 24.6 Å². The molecule has 0 saturated carbocycles. The van der Waals surface area contributed by atoms with Crippen LogP contribution in [0.5, 0.6) is 0 Å². The number of rotatable bonds is 2. The van der Waals surface area contributed by atoms with Crippen LogP contribution in [0, 0.1) is 5.92 Å². The molecule has 0 bridgehead atoms. The average Bonchev–Trinajstić information content (AvgIpc) is 2.52. The van der Waals surface area contributed by atoms with Gasteiger partial charge in [0.2, 0.25) is 0 Å². The topological polar surface area (TPSA) is 3.24 Å². The van der Waals surface area contributed by atoms with Gasteiger partial charge in [0, 0.05) is 12.6 Å². The third-order valence-electron chi connectivity index (χ3n) is 3.07. The van der Waals surface area contributed by atoms with E-state index in [2.05, 4.69) is 61.4 Å². The third-order valence-corrected chi connectivity index (χ3v) is 3.07. The number of hydrogen-bond acceptors (Lipinski definition) is 1. The Kier molecular flexibility index (Phi) is 2.58. The molecule has 1 nitrogen and oxygen atoms in total. The maximum absolute atomic E-state index is 2.40. The second-order valence-corrected chi connectivity index (χ2v) is 4.10. The first-order valence-electron chi connectivity index (χ1n) is 5.25. The lowest BCUT2D eigenvalue weighted by Crippen LogP contribution is -2.27. The van der Waals surface area contributed by atoms with Gasteiger partial charge in [0.25, 0.3) is 0 Å². The van der Waals surface area contributed by atoms with E-state index in [9.17, 15) is 0 Å². The molecule has 0 aromatic heterocycles. The molecule has 0 aliphatic carbocycles. The van der Waals surface area contributed by atoms with E-state index in [0.717, 1.165) is 6.54 Å². The number of hydrogen-bond donors (Lipinski definition) is 0. The number of nitrogens with zero attached hydrogens (tertiary/aromatic N) is 1. The summed E-state index contributed by atoms with van der Waals surface area (Å²) in [5.41, 5.74) is 1.39. The maximum atomic E-state index is 2.40. The Morgan fingerprint density at radius 2 is 1.86 bits per heavy atom. The van der Waals surface area contributed by atoms with Crippen molar-refractivity contribution in [2.75, 3.05) is 0 Å². The van der Waals surface area contributed by atoms with Crippen molar-refractivity contribution in [2.45, 2.75) is 26.4 Å². The Hall–Kier alpha value is -1.24. The maximum Gasteiger partial charge on any atom is 0.0427 e. The quantitative estimate of drug-likeness (QED) is 0.688. The largest absolute Gasteiger partial charge is 0.370 e. The number of benzene rings is 1. The highest BCUT2D eigenvalue weighted by atomic mass is 15.1. The van der Waals surface area contributed by atoms with Gasteiger partial charge in [-0.15, -0.1) is 0 Å². The molecule has 0 fully saturated rings. The van der Waals surface area contributed by atoms with Crippen molar-refractivity contribution < 1.29 is 0 Å². The van der Waals surface area contributed by atoms with E-state index in [-0.39, 0.29) is 0 Å². The standard InChI is InChI=1S/C13H17N/c1-11-8-9-14(12(11)2)10-13-6-4-3-5-7-13/h3-9,11-12H,10H2,1-2H3. The lowest BCUT2D eigenvalue weighted by Gasteiger charge is -2.24. The van der Waals surface area contributed by atoms with Crippen LogP contribution >= 0.6 is 0 Å². The van der Waals surface area contributed by atoms with Gasteiger partial charge in [0.1, 0.15) is 0 Å². The highest BCUT2D eigenvalue weighted by Gasteiger charge is 2.20. The van der Waals surface area contributed by atoms with Crippen LogP contribution in [0.25, 0.3) is 0 Å². The van der Waals surface area contributed by atoms with E-state index >= 15 is 0 Å². The van der Waals surface area contributed by atoms with Crippen molar-refractivity contribution in [2.24, 2.45) is 5.92 Å². The van der Waals surface area contributed by atoms with E-state index in [1.807, 2.05) is 0 Å². The van der Waals surface area contributed by atoms with Gasteiger partial charge in [-0.1, -0.05) is 43.3 Å². The molecule has 0 saturated heterocycles. The summed E-state index contributed by atoms with van der Waals surface area (Å²) in [6.45, 7) is 5.59. The monoisotopic (exact) mass is 187 g/mol. The zero-order valence-corrected chi connectivity index (χ0v) is 8.85. The molecule has 1 aliphatic rings. The Bertz CT molecular complexity index is 315. The van der Waals surface area contributed by atoms with Crippen LogP contribution in [0.4, 0.5) is 0 Å². The minimum Gasteiger partial charge on any atom is -0.370 e. The fourth-order valence-corrected chi connectivity index (χ4v) is 1.84. The zero-order valence-electron chi connectivity index (χ0n) is 8.85. The first-order chi connectivity index (χ1) is 6.77. The summed E-state index contributed by atoms with van der Waals surface area (Å²) in [5, 5.41) is 0. The molecule has 0 amide bonds. The van der Waals surface area contributed by atoms with Crippen LogP contribution < -0.4 is 0 Å². The van der Waals surface area contributed by atoms with Crippen molar-refractivity contribution in [3.05, 3.63) is 48.2 Å². The highest BCUT2D eigenvalue weighted by Crippen LogP contribution is 2.22. The summed E-state index contributed by atoms with van der Waals surface area (Å²) < 4.78 is 0. The molecule has 1 aromatic carbocycles. The summed E-state index contributed by atoms with van der Waals surface area (Å²) in [6, 6.07) is 11.3. The van der Waals surface area contributed by atoms with Crippen LogP contribution in [-0.4, -0.2) is 10.9 Å². The molecule has 1 aliphatic heterocycles. The first kappa shape index (κ1) is 9.32. The molecule has 1 heterocycles. The van der Waals surface area contributed by atoms with Crippen LogP contribution in [0.2, 0.25) is 0 Å².